The third-order valence-electron chi connectivity index (χ3n) is 6.49. The lowest BCUT2D eigenvalue weighted by molar-refractivity contribution is -0.151. The number of phenols is 1. The van der Waals surface area contributed by atoms with Crippen molar-refractivity contribution in [1.82, 2.24) is 5.32 Å². The number of benzene rings is 2. The van der Waals surface area contributed by atoms with E-state index in [0.717, 1.165) is 0 Å². The maximum absolute atomic E-state index is 13.7. The smallest absolute Gasteiger partial charge is 0.336 e. The number of hydrogen-bond donors (Lipinski definition) is 2. The number of dihydropyridines is 1. The number of carbonyl (C=O) groups excluding carboxylic acids is 3. The van der Waals surface area contributed by atoms with Crippen molar-refractivity contribution in [2.45, 2.75) is 26.2 Å². The fraction of sp³-hybridized carbons (Fsp3) is 0.321. The van der Waals surface area contributed by atoms with Gasteiger partial charge in [0.05, 0.1) is 12.7 Å². The van der Waals surface area contributed by atoms with Crippen molar-refractivity contribution in [2.24, 2.45) is 11.8 Å². The SMILES string of the molecule is COC(=O)[C@@H]1C(=O)C2=C(C[C@@H]1C)NC(C)=C(C(=O)OCCOc1ccccc1)[C@@H]2c1cccc(O)c1. The van der Waals surface area contributed by atoms with E-state index >= 15 is 0 Å². The van der Waals surface area contributed by atoms with E-state index in [1.54, 1.807) is 31.2 Å². The average molecular weight is 492 g/mol. The van der Waals surface area contributed by atoms with Crippen LogP contribution in [0.4, 0.5) is 0 Å². The zero-order chi connectivity index (χ0) is 25.8. The molecule has 8 heteroatoms. The molecule has 0 saturated heterocycles. The summed E-state index contributed by atoms with van der Waals surface area (Å²) in [5.41, 5.74) is 2.30. The summed E-state index contributed by atoms with van der Waals surface area (Å²) in [6.07, 6.45) is 0.431. The van der Waals surface area contributed by atoms with Gasteiger partial charge in [0, 0.05) is 22.9 Å². The van der Waals surface area contributed by atoms with E-state index in [1.165, 1.54) is 19.2 Å². The van der Waals surface area contributed by atoms with Crippen molar-refractivity contribution in [2.75, 3.05) is 20.3 Å². The summed E-state index contributed by atoms with van der Waals surface area (Å²) < 4.78 is 16.1. The molecular formula is C28H29NO7. The summed E-state index contributed by atoms with van der Waals surface area (Å²) in [5.74, 6) is -3.05. The topological polar surface area (TPSA) is 111 Å². The largest absolute Gasteiger partial charge is 0.508 e. The maximum Gasteiger partial charge on any atom is 0.336 e. The van der Waals surface area contributed by atoms with Gasteiger partial charge in [0.2, 0.25) is 0 Å². The molecule has 0 radical (unpaired) electrons. The van der Waals surface area contributed by atoms with E-state index in [-0.39, 0.29) is 30.5 Å². The molecule has 0 saturated carbocycles. The normalized spacial score (nSPS) is 21.4. The number of methoxy groups -OCH3 is 1. The highest BCUT2D eigenvalue weighted by molar-refractivity contribution is 6.12. The molecular weight excluding hydrogens is 462 g/mol. The van der Waals surface area contributed by atoms with Crippen LogP contribution in [-0.4, -0.2) is 43.2 Å². The van der Waals surface area contributed by atoms with Crippen LogP contribution in [0.2, 0.25) is 0 Å². The molecule has 2 N–H and O–H groups in total. The Hall–Kier alpha value is -4.07. The van der Waals surface area contributed by atoms with Gasteiger partial charge in [0.1, 0.15) is 30.6 Å². The van der Waals surface area contributed by atoms with Crippen LogP contribution in [0.25, 0.3) is 0 Å². The summed E-state index contributed by atoms with van der Waals surface area (Å²) >= 11 is 0. The van der Waals surface area contributed by atoms with Crippen LogP contribution >= 0.6 is 0 Å². The van der Waals surface area contributed by atoms with Gasteiger partial charge in [0.15, 0.2) is 5.78 Å². The van der Waals surface area contributed by atoms with Crippen molar-refractivity contribution < 1.29 is 33.7 Å². The molecule has 188 valence electrons. The molecule has 1 aliphatic carbocycles. The van der Waals surface area contributed by atoms with Gasteiger partial charge in [-0.3, -0.25) is 9.59 Å². The molecule has 4 rings (SSSR count). The maximum atomic E-state index is 13.7. The number of phenolic OH excluding ortho intramolecular Hbond substituents is 1. The zero-order valence-electron chi connectivity index (χ0n) is 20.4. The van der Waals surface area contributed by atoms with Crippen LogP contribution in [0.1, 0.15) is 31.7 Å². The Labute approximate surface area is 209 Å². The minimum atomic E-state index is -0.981. The molecule has 1 aliphatic heterocycles. The van der Waals surface area contributed by atoms with Crippen molar-refractivity contribution in [3.63, 3.8) is 0 Å². The predicted molar refractivity (Wildman–Crippen MR) is 131 cm³/mol. The molecule has 0 unspecified atom stereocenters. The lowest BCUT2D eigenvalue weighted by atomic mass is 9.69. The first kappa shape index (κ1) is 25.0. The Morgan fingerprint density at radius 3 is 2.53 bits per heavy atom. The van der Waals surface area contributed by atoms with Gasteiger partial charge in [-0.15, -0.1) is 0 Å². The van der Waals surface area contributed by atoms with E-state index in [0.29, 0.717) is 34.7 Å². The van der Waals surface area contributed by atoms with Crippen LogP contribution in [0.15, 0.2) is 77.1 Å². The number of ether oxygens (including phenoxy) is 3. The van der Waals surface area contributed by atoms with Crippen molar-refractivity contribution >= 4 is 17.7 Å². The molecule has 0 spiro atoms. The Morgan fingerprint density at radius 1 is 1.08 bits per heavy atom. The van der Waals surface area contributed by atoms with Crippen molar-refractivity contribution in [3.05, 3.63) is 82.7 Å². The summed E-state index contributed by atoms with van der Waals surface area (Å²) in [4.78, 5) is 39.5. The Bertz CT molecular complexity index is 1230. The average Bonchev–Trinajstić information content (AvgIpc) is 2.86. The molecule has 0 aromatic heterocycles. The standard InChI is InChI=1S/C28H29NO7/c1-16-14-21-25(26(31)22(16)27(32)34-3)24(18-8-7-9-19(30)15-18)23(17(2)29-21)28(33)36-13-12-35-20-10-5-4-6-11-20/h4-11,15-16,22,24,29-30H,12-14H2,1-3H3/t16-,22-,24-/m0/s1. The molecule has 36 heavy (non-hydrogen) atoms. The summed E-state index contributed by atoms with van der Waals surface area (Å²) in [5, 5.41) is 13.4. The second-order valence-electron chi connectivity index (χ2n) is 8.93. The number of Topliss-reactive ketones (excluding diaryl/α,β-unsaturated/α-hetero) is 1. The molecule has 0 bridgehead atoms. The summed E-state index contributed by atoms with van der Waals surface area (Å²) in [6, 6.07) is 15.6. The van der Waals surface area contributed by atoms with Gasteiger partial charge in [-0.05, 0) is 49.1 Å². The first-order valence-electron chi connectivity index (χ1n) is 11.8. The fourth-order valence-electron chi connectivity index (χ4n) is 4.88. The van der Waals surface area contributed by atoms with Crippen molar-refractivity contribution in [1.29, 1.82) is 0 Å². The lowest BCUT2D eigenvalue weighted by Crippen LogP contribution is -2.43. The highest BCUT2D eigenvalue weighted by Gasteiger charge is 2.47. The van der Waals surface area contributed by atoms with E-state index in [4.69, 9.17) is 14.2 Å². The van der Waals surface area contributed by atoms with E-state index in [9.17, 15) is 19.5 Å². The molecule has 1 heterocycles. The first-order valence-corrected chi connectivity index (χ1v) is 11.8. The molecule has 2 aromatic carbocycles. The monoisotopic (exact) mass is 491 g/mol. The Morgan fingerprint density at radius 2 is 1.83 bits per heavy atom. The van der Waals surface area contributed by atoms with Gasteiger partial charge in [0.25, 0.3) is 0 Å². The van der Waals surface area contributed by atoms with Crippen LogP contribution in [-0.2, 0) is 23.9 Å². The van der Waals surface area contributed by atoms with Gasteiger partial charge < -0.3 is 24.6 Å². The second kappa shape index (κ2) is 10.7. The highest BCUT2D eigenvalue weighted by atomic mass is 16.6. The highest BCUT2D eigenvalue weighted by Crippen LogP contribution is 2.45. The van der Waals surface area contributed by atoms with Crippen LogP contribution < -0.4 is 10.1 Å². The number of esters is 2. The van der Waals surface area contributed by atoms with Crippen LogP contribution in [0.5, 0.6) is 11.5 Å². The number of nitrogens with one attached hydrogen (secondary N) is 1. The van der Waals surface area contributed by atoms with Gasteiger partial charge in [-0.25, -0.2) is 4.79 Å². The third-order valence-corrected chi connectivity index (χ3v) is 6.49. The van der Waals surface area contributed by atoms with Gasteiger partial charge in [-0.1, -0.05) is 37.3 Å². The van der Waals surface area contributed by atoms with Crippen LogP contribution in [0, 0.1) is 11.8 Å². The van der Waals surface area contributed by atoms with Gasteiger partial charge in [-0.2, -0.15) is 0 Å². The third kappa shape index (κ3) is 4.98. The molecule has 3 atom stereocenters. The minimum absolute atomic E-state index is 0.00105. The lowest BCUT2D eigenvalue weighted by Gasteiger charge is -2.38. The Balaban J connectivity index is 1.64. The number of carbonyl (C=O) groups is 3. The number of rotatable bonds is 7. The van der Waals surface area contributed by atoms with E-state index < -0.39 is 29.6 Å². The van der Waals surface area contributed by atoms with Crippen molar-refractivity contribution in [3.8, 4) is 11.5 Å². The minimum Gasteiger partial charge on any atom is -0.508 e. The number of aromatic hydroxyl groups is 1. The quantitative estimate of drug-likeness (QED) is 0.343. The van der Waals surface area contributed by atoms with Gasteiger partial charge >= 0.3 is 11.9 Å². The summed E-state index contributed by atoms with van der Waals surface area (Å²) in [6.45, 7) is 3.72. The molecule has 2 aliphatic rings. The number of allylic oxidation sites excluding steroid dienone is 3. The molecule has 0 fully saturated rings. The first-order chi connectivity index (χ1) is 17.3. The van der Waals surface area contributed by atoms with E-state index in [1.807, 2.05) is 25.1 Å². The predicted octanol–water partition coefficient (Wildman–Crippen LogP) is 3.63. The fourth-order valence-corrected chi connectivity index (χ4v) is 4.88. The number of para-hydroxylation sites is 1. The molecule has 0 amide bonds. The molecule has 2 aromatic rings. The molecule has 8 nitrogen and oxygen atoms in total. The van der Waals surface area contributed by atoms with E-state index in [2.05, 4.69) is 5.32 Å². The number of ketones is 1. The van der Waals surface area contributed by atoms with Crippen LogP contribution in [0.3, 0.4) is 0 Å². The zero-order valence-corrected chi connectivity index (χ0v) is 20.4. The second-order valence-corrected chi connectivity index (χ2v) is 8.93. The summed E-state index contributed by atoms with van der Waals surface area (Å²) in [7, 11) is 1.25. The Kier molecular flexibility index (Phi) is 7.43. The number of hydrogen-bond acceptors (Lipinski definition) is 8.